The Labute approximate surface area is 233 Å². The van der Waals surface area contributed by atoms with Gasteiger partial charge in [-0.3, -0.25) is 0 Å². The third-order valence-electron chi connectivity index (χ3n) is 7.87. The van der Waals surface area contributed by atoms with Crippen molar-refractivity contribution in [3.05, 3.63) is 33.7 Å². The number of anilines is 1. The zero-order valence-corrected chi connectivity index (χ0v) is 25.3. The molecule has 0 atom stereocenters. The van der Waals surface area contributed by atoms with Crippen molar-refractivity contribution in [1.82, 2.24) is 4.90 Å². The van der Waals surface area contributed by atoms with E-state index in [1.165, 1.54) is 11.3 Å². The van der Waals surface area contributed by atoms with E-state index in [1.54, 1.807) is 14.0 Å². The summed E-state index contributed by atoms with van der Waals surface area (Å²) in [5.74, 6) is 0.757. The fourth-order valence-corrected chi connectivity index (χ4v) is 5.60. The number of methoxy groups -OCH3 is 1. The SMILES string of the molecule is CCN(CC)CCN(CC[N+](CC)(CC)CC)c1cc(C)c(N=Nc2sc(C#N)c(C)c2C#N)cc1OC. The molecule has 0 N–H and O–H groups in total. The number of likely N-dealkylation sites (N-methyl/N-ethyl adjacent to an activating group) is 2. The monoisotopic (exact) mass is 538 g/mol. The van der Waals surface area contributed by atoms with E-state index in [-0.39, 0.29) is 0 Å². The van der Waals surface area contributed by atoms with Crippen molar-refractivity contribution < 1.29 is 9.22 Å². The number of nitrogens with zero attached hydrogens (tertiary/aromatic N) is 7. The number of thiophene rings is 1. The standard InChI is InChI=1S/C29H44N7OS/c1-9-34(10-2)14-15-35(16-17-36(11-3,12-4)13-5)26-18-22(6)25(19-27(26)37-8)32-33-29-24(20-30)23(7)28(21-31)38-29/h18-19H,9-17H2,1-8H3/q+1. The third kappa shape index (κ3) is 7.32. The van der Waals surface area contributed by atoms with Gasteiger partial charge in [0.1, 0.15) is 22.8 Å². The molecule has 1 heterocycles. The van der Waals surface area contributed by atoms with E-state index < -0.39 is 0 Å². The van der Waals surface area contributed by atoms with Gasteiger partial charge in [-0.2, -0.15) is 10.5 Å². The lowest BCUT2D eigenvalue weighted by molar-refractivity contribution is -0.921. The molecular weight excluding hydrogens is 494 g/mol. The van der Waals surface area contributed by atoms with Gasteiger partial charge in [-0.15, -0.1) is 21.6 Å². The Morgan fingerprint density at radius 1 is 0.921 bits per heavy atom. The summed E-state index contributed by atoms with van der Waals surface area (Å²) in [6.45, 7) is 24.4. The Hall–Kier alpha value is -2.98. The quantitative estimate of drug-likeness (QED) is 0.189. The molecule has 0 saturated heterocycles. The topological polar surface area (TPSA) is 88.0 Å². The predicted octanol–water partition coefficient (Wildman–Crippen LogP) is 6.56. The molecule has 0 aliphatic carbocycles. The third-order valence-corrected chi connectivity index (χ3v) is 8.95. The zero-order valence-electron chi connectivity index (χ0n) is 24.5. The van der Waals surface area contributed by atoms with Crippen LogP contribution in [0.3, 0.4) is 0 Å². The molecule has 9 heteroatoms. The van der Waals surface area contributed by atoms with E-state index in [1.807, 2.05) is 13.0 Å². The summed E-state index contributed by atoms with van der Waals surface area (Å²) in [5, 5.41) is 28.2. The van der Waals surface area contributed by atoms with Gasteiger partial charge in [0.05, 0.1) is 56.8 Å². The van der Waals surface area contributed by atoms with Gasteiger partial charge in [-0.25, -0.2) is 0 Å². The predicted molar refractivity (Wildman–Crippen MR) is 157 cm³/mol. The van der Waals surface area contributed by atoms with Crippen molar-refractivity contribution in [2.45, 2.75) is 48.5 Å². The van der Waals surface area contributed by atoms with Crippen LogP contribution in [0.1, 0.15) is 56.2 Å². The maximum atomic E-state index is 9.54. The average Bonchev–Trinajstić information content (AvgIpc) is 3.26. The van der Waals surface area contributed by atoms with E-state index in [2.05, 4.69) is 72.9 Å². The molecule has 0 unspecified atom stereocenters. The minimum atomic E-state index is 0.406. The highest BCUT2D eigenvalue weighted by molar-refractivity contribution is 7.16. The summed E-state index contributed by atoms with van der Waals surface area (Å²) in [6, 6.07) is 8.36. The Balaban J connectivity index is 2.46. The van der Waals surface area contributed by atoms with Crippen molar-refractivity contribution in [3.63, 3.8) is 0 Å². The first kappa shape index (κ1) is 31.2. The van der Waals surface area contributed by atoms with Crippen LogP contribution >= 0.6 is 11.3 Å². The summed E-state index contributed by atoms with van der Waals surface area (Å²) in [7, 11) is 1.69. The molecule has 0 aliphatic heterocycles. The maximum Gasteiger partial charge on any atom is 0.158 e. The highest BCUT2D eigenvalue weighted by atomic mass is 32.1. The van der Waals surface area contributed by atoms with Crippen molar-refractivity contribution in [1.29, 1.82) is 10.5 Å². The van der Waals surface area contributed by atoms with Crippen LogP contribution in [0.4, 0.5) is 16.4 Å². The zero-order chi connectivity index (χ0) is 28.3. The molecule has 0 spiro atoms. The van der Waals surface area contributed by atoms with Crippen LogP contribution in [0.2, 0.25) is 0 Å². The molecule has 2 rings (SSSR count). The Morgan fingerprint density at radius 2 is 1.58 bits per heavy atom. The highest BCUT2D eigenvalue weighted by Gasteiger charge is 2.24. The van der Waals surface area contributed by atoms with Crippen LogP contribution in [0.15, 0.2) is 22.4 Å². The van der Waals surface area contributed by atoms with Gasteiger partial charge in [-0.05, 0) is 64.9 Å². The number of rotatable bonds is 15. The number of quaternary nitrogens is 1. The van der Waals surface area contributed by atoms with Gasteiger partial charge in [-0.1, -0.05) is 13.8 Å². The van der Waals surface area contributed by atoms with E-state index in [4.69, 9.17) is 4.74 Å². The van der Waals surface area contributed by atoms with Gasteiger partial charge < -0.3 is 19.0 Å². The van der Waals surface area contributed by atoms with Gasteiger partial charge >= 0.3 is 0 Å². The van der Waals surface area contributed by atoms with Gasteiger partial charge in [0.2, 0.25) is 0 Å². The normalized spacial score (nSPS) is 11.7. The maximum absolute atomic E-state index is 9.54. The second-order valence-corrected chi connectivity index (χ2v) is 10.5. The minimum Gasteiger partial charge on any atom is -0.495 e. The summed E-state index contributed by atoms with van der Waals surface area (Å²) in [6.07, 6.45) is 0. The molecule has 0 aliphatic rings. The fraction of sp³-hybridized carbons (Fsp3) is 0.586. The molecule has 0 fully saturated rings. The Kier molecular flexibility index (Phi) is 12.2. The smallest absolute Gasteiger partial charge is 0.158 e. The number of azo groups is 1. The molecule has 1 aromatic carbocycles. The second-order valence-electron chi connectivity index (χ2n) is 9.50. The number of hydrogen-bond donors (Lipinski definition) is 0. The summed E-state index contributed by atoms with van der Waals surface area (Å²) < 4.78 is 6.96. The average molecular weight is 539 g/mol. The van der Waals surface area contributed by atoms with E-state index in [0.717, 1.165) is 80.4 Å². The highest BCUT2D eigenvalue weighted by Crippen LogP contribution is 2.39. The van der Waals surface area contributed by atoms with Crippen LogP contribution < -0.4 is 9.64 Å². The number of benzene rings is 1. The van der Waals surface area contributed by atoms with Crippen LogP contribution in [0, 0.1) is 36.5 Å². The van der Waals surface area contributed by atoms with Crippen LogP contribution in [0.25, 0.3) is 0 Å². The van der Waals surface area contributed by atoms with Crippen molar-refractivity contribution >= 4 is 27.7 Å². The van der Waals surface area contributed by atoms with Crippen LogP contribution in [-0.2, 0) is 0 Å². The molecule has 2 aromatic rings. The first-order chi connectivity index (χ1) is 18.3. The van der Waals surface area contributed by atoms with Crippen molar-refractivity contribution in [3.8, 4) is 17.9 Å². The number of ether oxygens (including phenoxy) is 1. The van der Waals surface area contributed by atoms with E-state index >= 15 is 0 Å². The molecule has 0 saturated carbocycles. The minimum absolute atomic E-state index is 0.406. The van der Waals surface area contributed by atoms with Gasteiger partial charge in [0.25, 0.3) is 0 Å². The van der Waals surface area contributed by atoms with Crippen molar-refractivity contribution in [2.24, 2.45) is 10.2 Å². The molecule has 0 bridgehead atoms. The Morgan fingerprint density at radius 3 is 2.11 bits per heavy atom. The lowest BCUT2D eigenvalue weighted by Crippen LogP contribution is -2.52. The molecule has 0 radical (unpaired) electrons. The second kappa shape index (κ2) is 14.8. The van der Waals surface area contributed by atoms with E-state index in [0.29, 0.717) is 26.7 Å². The fourth-order valence-electron chi connectivity index (χ4n) is 4.72. The number of hydrogen-bond acceptors (Lipinski definition) is 8. The van der Waals surface area contributed by atoms with Crippen molar-refractivity contribution in [2.75, 3.05) is 70.9 Å². The van der Waals surface area contributed by atoms with Gasteiger partial charge in [0.15, 0.2) is 5.00 Å². The van der Waals surface area contributed by atoms with Gasteiger partial charge in [0, 0.05) is 19.2 Å². The first-order valence-corrected chi connectivity index (χ1v) is 14.4. The summed E-state index contributed by atoms with van der Waals surface area (Å²) in [4.78, 5) is 5.39. The summed E-state index contributed by atoms with van der Waals surface area (Å²) in [5.41, 5.74) is 3.79. The molecule has 38 heavy (non-hydrogen) atoms. The molecular formula is C29H44N7OS+. The summed E-state index contributed by atoms with van der Waals surface area (Å²) >= 11 is 1.19. The first-order valence-electron chi connectivity index (χ1n) is 13.6. The van der Waals surface area contributed by atoms with Crippen LogP contribution in [0.5, 0.6) is 5.75 Å². The molecule has 206 valence electrons. The van der Waals surface area contributed by atoms with E-state index in [9.17, 15) is 10.5 Å². The largest absolute Gasteiger partial charge is 0.495 e. The Bertz CT molecular complexity index is 1160. The number of nitriles is 2. The number of aryl methyl sites for hydroxylation is 1. The molecule has 1 aromatic heterocycles. The van der Waals surface area contributed by atoms with Crippen LogP contribution in [-0.4, -0.2) is 75.4 Å². The molecule has 0 amide bonds. The lowest BCUT2D eigenvalue weighted by atomic mass is 10.1. The molecule has 8 nitrogen and oxygen atoms in total. The lowest BCUT2D eigenvalue weighted by Gasteiger charge is -2.38.